The average Bonchev–Trinajstić information content (AvgIpc) is 2.63. The Morgan fingerprint density at radius 2 is 2.04 bits per heavy atom. The molecule has 3 heterocycles. The van der Waals surface area contributed by atoms with Gasteiger partial charge in [0.1, 0.15) is 11.8 Å². The zero-order valence-corrected chi connectivity index (χ0v) is 13.1. The summed E-state index contributed by atoms with van der Waals surface area (Å²) in [4.78, 5) is 30.6. The largest absolute Gasteiger partial charge is 0.463 e. The summed E-state index contributed by atoms with van der Waals surface area (Å²) in [6.45, 7) is 0.711. The van der Waals surface area contributed by atoms with E-state index in [4.69, 9.17) is 4.42 Å². The molecule has 1 amide bonds. The number of hydrogen-bond donors (Lipinski definition) is 0. The number of amides is 1. The lowest BCUT2D eigenvalue weighted by atomic mass is 10.1. The highest BCUT2D eigenvalue weighted by atomic mass is 16.3. The number of carbonyl (C=O) groups excluding carboxylic acids is 1. The molecular formula is C19H16N2O3. The van der Waals surface area contributed by atoms with E-state index in [0.29, 0.717) is 29.5 Å². The van der Waals surface area contributed by atoms with Crippen LogP contribution in [0.25, 0.3) is 22.1 Å². The molecule has 24 heavy (non-hydrogen) atoms. The molecule has 1 fully saturated rings. The van der Waals surface area contributed by atoms with Crippen LogP contribution in [0, 0.1) is 0 Å². The minimum absolute atomic E-state index is 0.0965. The monoisotopic (exact) mass is 320 g/mol. The molecule has 0 saturated carbocycles. The Balaban J connectivity index is 1.80. The summed E-state index contributed by atoms with van der Waals surface area (Å²) >= 11 is 0. The van der Waals surface area contributed by atoms with Crippen molar-refractivity contribution in [3.8, 4) is 11.1 Å². The molecule has 4 rings (SSSR count). The number of benzene rings is 1. The van der Waals surface area contributed by atoms with Gasteiger partial charge in [-0.15, -0.1) is 0 Å². The summed E-state index contributed by atoms with van der Waals surface area (Å²) < 4.78 is 5.68. The average molecular weight is 320 g/mol. The lowest BCUT2D eigenvalue weighted by molar-refractivity contribution is -0.119. The van der Waals surface area contributed by atoms with E-state index in [1.165, 1.54) is 6.26 Å². The molecule has 0 spiro atoms. The van der Waals surface area contributed by atoms with Gasteiger partial charge in [0.15, 0.2) is 0 Å². The first-order chi connectivity index (χ1) is 11.7. The van der Waals surface area contributed by atoms with E-state index in [9.17, 15) is 9.59 Å². The molecule has 120 valence electrons. The number of fused-ring (bicyclic) bond motifs is 1. The molecule has 1 saturated heterocycles. The summed E-state index contributed by atoms with van der Waals surface area (Å²) in [5, 5.41) is 0.504. The van der Waals surface area contributed by atoms with Crippen LogP contribution in [-0.2, 0) is 4.79 Å². The van der Waals surface area contributed by atoms with Gasteiger partial charge < -0.3 is 9.32 Å². The van der Waals surface area contributed by atoms with Gasteiger partial charge in [-0.25, -0.2) is 0 Å². The fraction of sp³-hybridized carbons (Fsp3) is 0.211. The highest BCUT2D eigenvalue weighted by molar-refractivity contribution is 5.96. The predicted octanol–water partition coefficient (Wildman–Crippen LogP) is 3.37. The van der Waals surface area contributed by atoms with Crippen molar-refractivity contribution < 1.29 is 9.21 Å². The van der Waals surface area contributed by atoms with Crippen LogP contribution >= 0.6 is 0 Å². The van der Waals surface area contributed by atoms with Gasteiger partial charge in [0.05, 0.1) is 10.9 Å². The van der Waals surface area contributed by atoms with E-state index in [1.54, 1.807) is 35.5 Å². The highest BCUT2D eigenvalue weighted by Crippen LogP contribution is 2.26. The second kappa shape index (κ2) is 5.92. The number of rotatable bonds is 2. The third-order valence-electron chi connectivity index (χ3n) is 4.37. The summed E-state index contributed by atoms with van der Waals surface area (Å²) in [7, 11) is 0. The zero-order chi connectivity index (χ0) is 16.5. The molecule has 1 aliphatic rings. The maximum Gasteiger partial charge on any atom is 0.226 e. The van der Waals surface area contributed by atoms with Gasteiger partial charge in [0.25, 0.3) is 0 Å². The SMILES string of the molecule is O=C1CCCCN1c1ccc2c(=O)c(-c3cccnc3)coc2c1. The third kappa shape index (κ3) is 2.48. The Bertz CT molecular complexity index is 963. The Labute approximate surface area is 138 Å². The van der Waals surface area contributed by atoms with Gasteiger partial charge in [-0.2, -0.15) is 0 Å². The number of carbonyl (C=O) groups is 1. The van der Waals surface area contributed by atoms with E-state index in [0.717, 1.165) is 24.1 Å². The van der Waals surface area contributed by atoms with Crippen molar-refractivity contribution in [1.29, 1.82) is 0 Å². The topological polar surface area (TPSA) is 63.4 Å². The lowest BCUT2D eigenvalue weighted by Crippen LogP contribution is -2.35. The van der Waals surface area contributed by atoms with Crippen molar-refractivity contribution in [2.75, 3.05) is 11.4 Å². The van der Waals surface area contributed by atoms with Gasteiger partial charge in [-0.3, -0.25) is 14.6 Å². The van der Waals surface area contributed by atoms with Crippen molar-refractivity contribution in [2.24, 2.45) is 0 Å². The van der Waals surface area contributed by atoms with Crippen LogP contribution in [0.15, 0.2) is 58.2 Å². The quantitative estimate of drug-likeness (QED) is 0.726. The zero-order valence-electron chi connectivity index (χ0n) is 13.1. The van der Waals surface area contributed by atoms with Gasteiger partial charge in [0, 0.05) is 42.7 Å². The number of aromatic nitrogens is 1. The fourth-order valence-electron chi connectivity index (χ4n) is 3.09. The minimum Gasteiger partial charge on any atom is -0.463 e. The van der Waals surface area contributed by atoms with E-state index < -0.39 is 0 Å². The predicted molar refractivity (Wildman–Crippen MR) is 91.9 cm³/mol. The van der Waals surface area contributed by atoms with Gasteiger partial charge in [0.2, 0.25) is 11.3 Å². The second-order valence-electron chi connectivity index (χ2n) is 5.90. The fourth-order valence-corrected chi connectivity index (χ4v) is 3.09. The van der Waals surface area contributed by atoms with E-state index in [-0.39, 0.29) is 11.3 Å². The van der Waals surface area contributed by atoms with Crippen molar-refractivity contribution in [2.45, 2.75) is 19.3 Å². The first-order valence-corrected chi connectivity index (χ1v) is 8.00. The van der Waals surface area contributed by atoms with Gasteiger partial charge in [-0.1, -0.05) is 6.07 Å². The Morgan fingerprint density at radius 3 is 2.83 bits per heavy atom. The molecule has 0 aliphatic carbocycles. The summed E-state index contributed by atoms with van der Waals surface area (Å²) in [6, 6.07) is 8.93. The van der Waals surface area contributed by atoms with E-state index in [2.05, 4.69) is 4.98 Å². The van der Waals surface area contributed by atoms with Crippen molar-refractivity contribution in [3.63, 3.8) is 0 Å². The van der Waals surface area contributed by atoms with E-state index in [1.807, 2.05) is 12.1 Å². The number of hydrogen-bond acceptors (Lipinski definition) is 4. The molecule has 1 aliphatic heterocycles. The van der Waals surface area contributed by atoms with Crippen LogP contribution < -0.4 is 10.3 Å². The van der Waals surface area contributed by atoms with Crippen molar-refractivity contribution in [3.05, 3.63) is 59.2 Å². The molecule has 3 aromatic rings. The molecule has 0 radical (unpaired) electrons. The minimum atomic E-state index is -0.0965. The molecule has 0 atom stereocenters. The molecule has 2 aromatic heterocycles. The highest BCUT2D eigenvalue weighted by Gasteiger charge is 2.20. The van der Waals surface area contributed by atoms with Crippen LogP contribution in [0.2, 0.25) is 0 Å². The first kappa shape index (κ1) is 14.6. The number of anilines is 1. The van der Waals surface area contributed by atoms with Crippen LogP contribution in [0.1, 0.15) is 19.3 Å². The van der Waals surface area contributed by atoms with Crippen LogP contribution in [0.5, 0.6) is 0 Å². The first-order valence-electron chi connectivity index (χ1n) is 8.00. The molecule has 1 aromatic carbocycles. The van der Waals surface area contributed by atoms with Gasteiger partial charge in [-0.05, 0) is 31.0 Å². The molecular weight excluding hydrogens is 304 g/mol. The summed E-state index contributed by atoms with van der Waals surface area (Å²) in [6.07, 6.45) is 7.26. The standard InChI is InChI=1S/C19H16N2O3/c22-18-5-1-2-9-21(18)14-6-7-15-17(10-14)24-12-16(19(15)23)13-4-3-8-20-11-13/h3-4,6-8,10-12H,1-2,5,9H2. The lowest BCUT2D eigenvalue weighted by Gasteiger charge is -2.26. The molecule has 0 bridgehead atoms. The summed E-state index contributed by atoms with van der Waals surface area (Å²) in [5.41, 5.74) is 2.38. The van der Waals surface area contributed by atoms with Crippen molar-refractivity contribution >= 4 is 22.6 Å². The maximum absolute atomic E-state index is 12.7. The number of nitrogens with zero attached hydrogens (tertiary/aromatic N) is 2. The smallest absolute Gasteiger partial charge is 0.226 e. The number of pyridine rings is 1. The normalized spacial score (nSPS) is 15.0. The Morgan fingerprint density at radius 1 is 1.12 bits per heavy atom. The number of piperidine rings is 1. The van der Waals surface area contributed by atoms with E-state index >= 15 is 0 Å². The van der Waals surface area contributed by atoms with Crippen molar-refractivity contribution in [1.82, 2.24) is 4.98 Å². The van der Waals surface area contributed by atoms with Gasteiger partial charge >= 0.3 is 0 Å². The maximum atomic E-state index is 12.7. The Hall–Kier alpha value is -2.95. The molecule has 0 unspecified atom stereocenters. The van der Waals surface area contributed by atoms with Crippen LogP contribution in [0.4, 0.5) is 5.69 Å². The molecule has 5 heteroatoms. The van der Waals surface area contributed by atoms with Crippen LogP contribution in [-0.4, -0.2) is 17.4 Å². The Kier molecular flexibility index (Phi) is 3.61. The third-order valence-corrected chi connectivity index (χ3v) is 4.37. The molecule has 5 nitrogen and oxygen atoms in total. The second-order valence-corrected chi connectivity index (χ2v) is 5.90. The summed E-state index contributed by atoms with van der Waals surface area (Å²) in [5.74, 6) is 0.120. The van der Waals surface area contributed by atoms with Crippen LogP contribution in [0.3, 0.4) is 0 Å². The molecule has 0 N–H and O–H groups in total.